The molecule has 2 saturated carbocycles. The maximum Gasteiger partial charge on any atom is 0.308 e. The molecule has 2 bridgehead atoms. The fourth-order valence-corrected chi connectivity index (χ4v) is 5.46. The molecule has 0 spiro atoms. The topological polar surface area (TPSA) is 49.3 Å². The fourth-order valence-electron chi connectivity index (χ4n) is 4.50. The van der Waals surface area contributed by atoms with Crippen LogP contribution in [-0.2, 0) is 17.8 Å². The summed E-state index contributed by atoms with van der Waals surface area (Å²) >= 11 is 1.62. The van der Waals surface area contributed by atoms with E-state index in [-0.39, 0.29) is 6.42 Å². The van der Waals surface area contributed by atoms with Gasteiger partial charge in [-0.05, 0) is 48.1 Å². The molecule has 1 aromatic heterocycles. The van der Waals surface area contributed by atoms with Crippen LogP contribution in [0.4, 0.5) is 0 Å². The molecule has 0 radical (unpaired) electrons. The molecule has 116 valence electrons. The van der Waals surface area contributed by atoms with E-state index in [4.69, 9.17) is 5.11 Å². The van der Waals surface area contributed by atoms with Crippen LogP contribution in [-0.4, -0.2) is 17.1 Å². The lowest BCUT2D eigenvalue weighted by Crippen LogP contribution is -2.44. The molecular weight excluding hydrogens is 282 g/mol. The predicted molar refractivity (Wildman–Crippen MR) is 85.5 cm³/mol. The number of hydrogen-bond acceptors (Lipinski definition) is 3. The molecule has 2 N–H and O–H groups in total. The van der Waals surface area contributed by atoms with E-state index in [1.54, 1.807) is 11.3 Å². The van der Waals surface area contributed by atoms with Gasteiger partial charge in [0.2, 0.25) is 0 Å². The third-order valence-electron chi connectivity index (χ3n) is 6.36. The van der Waals surface area contributed by atoms with Gasteiger partial charge in [-0.15, -0.1) is 11.3 Å². The van der Waals surface area contributed by atoms with Crippen LogP contribution in [0.3, 0.4) is 0 Å². The maximum absolute atomic E-state index is 10.7. The van der Waals surface area contributed by atoms with Gasteiger partial charge in [0.05, 0.1) is 6.42 Å². The van der Waals surface area contributed by atoms with Gasteiger partial charge >= 0.3 is 5.97 Å². The first-order chi connectivity index (χ1) is 9.83. The van der Waals surface area contributed by atoms with Crippen LogP contribution in [0.15, 0.2) is 12.1 Å². The highest BCUT2D eigenvalue weighted by molar-refractivity contribution is 7.12. The average Bonchev–Trinajstić information content (AvgIpc) is 2.97. The van der Waals surface area contributed by atoms with Crippen molar-refractivity contribution in [3.05, 3.63) is 21.9 Å². The molecule has 3 unspecified atom stereocenters. The molecule has 0 amide bonds. The Kier molecular flexibility index (Phi) is 3.65. The molecule has 3 atom stereocenters. The Morgan fingerprint density at radius 3 is 2.67 bits per heavy atom. The molecular formula is C17H25NO2S. The number of carboxylic acids is 1. The van der Waals surface area contributed by atoms with Crippen LogP contribution >= 0.6 is 11.3 Å². The number of carboxylic acid groups (broad SMARTS) is 1. The van der Waals surface area contributed by atoms with Crippen molar-refractivity contribution in [3.8, 4) is 0 Å². The first-order valence-electron chi connectivity index (χ1n) is 7.86. The second-order valence-electron chi connectivity index (χ2n) is 7.48. The zero-order valence-electron chi connectivity index (χ0n) is 13.1. The van der Waals surface area contributed by atoms with Gasteiger partial charge in [-0.25, -0.2) is 0 Å². The molecule has 0 aromatic carbocycles. The molecule has 0 saturated heterocycles. The summed E-state index contributed by atoms with van der Waals surface area (Å²) < 4.78 is 0. The Bertz CT molecular complexity index is 551. The van der Waals surface area contributed by atoms with Crippen molar-refractivity contribution in [2.75, 3.05) is 0 Å². The summed E-state index contributed by atoms with van der Waals surface area (Å²) in [6.45, 7) is 8.18. The monoisotopic (exact) mass is 307 g/mol. The fraction of sp³-hybridized carbons (Fsp3) is 0.706. The third kappa shape index (κ3) is 2.42. The quantitative estimate of drug-likeness (QED) is 0.872. The van der Waals surface area contributed by atoms with Gasteiger partial charge < -0.3 is 10.4 Å². The molecule has 3 rings (SSSR count). The van der Waals surface area contributed by atoms with Crippen molar-refractivity contribution in [1.29, 1.82) is 0 Å². The van der Waals surface area contributed by atoms with Crippen molar-refractivity contribution < 1.29 is 9.90 Å². The largest absolute Gasteiger partial charge is 0.481 e. The Morgan fingerprint density at radius 2 is 2.10 bits per heavy atom. The lowest BCUT2D eigenvalue weighted by Gasteiger charge is -2.39. The summed E-state index contributed by atoms with van der Waals surface area (Å²) in [6.07, 6.45) is 4.14. The van der Waals surface area contributed by atoms with Gasteiger partial charge in [-0.3, -0.25) is 4.79 Å². The van der Waals surface area contributed by atoms with Crippen LogP contribution in [0.5, 0.6) is 0 Å². The summed E-state index contributed by atoms with van der Waals surface area (Å²) in [5, 5.41) is 12.6. The second kappa shape index (κ2) is 5.10. The Labute approximate surface area is 130 Å². The SMILES string of the molecule is CC1(C)C2CCC1(C)C(NCc1ccc(CC(=O)O)s1)C2. The number of aliphatic carboxylic acids is 1. The molecule has 2 aliphatic rings. The standard InChI is InChI=1S/C17H25NO2S/c1-16(2)11-6-7-17(16,3)14(8-11)18-10-13-5-4-12(21-13)9-15(19)20/h4-5,11,14,18H,6-10H2,1-3H3,(H,19,20). The van der Waals surface area contributed by atoms with E-state index in [2.05, 4.69) is 32.2 Å². The minimum absolute atomic E-state index is 0.140. The normalized spacial score (nSPS) is 33.5. The van der Waals surface area contributed by atoms with Crippen LogP contribution < -0.4 is 5.32 Å². The lowest BCUT2D eigenvalue weighted by atomic mass is 9.69. The summed E-state index contributed by atoms with van der Waals surface area (Å²) in [5.41, 5.74) is 0.841. The van der Waals surface area contributed by atoms with Crippen LogP contribution in [0.1, 0.15) is 49.8 Å². The van der Waals surface area contributed by atoms with Crippen molar-refractivity contribution >= 4 is 17.3 Å². The summed E-state index contributed by atoms with van der Waals surface area (Å²) in [6, 6.07) is 4.61. The number of rotatable bonds is 5. The first-order valence-corrected chi connectivity index (χ1v) is 8.67. The van der Waals surface area contributed by atoms with Crippen molar-refractivity contribution in [2.24, 2.45) is 16.7 Å². The van der Waals surface area contributed by atoms with Gasteiger partial charge in [-0.2, -0.15) is 0 Å². The highest BCUT2D eigenvalue weighted by atomic mass is 32.1. The molecule has 2 fully saturated rings. The number of nitrogens with one attached hydrogen (secondary N) is 1. The minimum Gasteiger partial charge on any atom is -0.481 e. The highest BCUT2D eigenvalue weighted by Crippen LogP contribution is 2.65. The van der Waals surface area contributed by atoms with Crippen molar-refractivity contribution in [1.82, 2.24) is 5.32 Å². The van der Waals surface area contributed by atoms with E-state index in [0.717, 1.165) is 17.3 Å². The van der Waals surface area contributed by atoms with Crippen LogP contribution in [0, 0.1) is 16.7 Å². The van der Waals surface area contributed by atoms with E-state index in [9.17, 15) is 4.79 Å². The van der Waals surface area contributed by atoms with Crippen molar-refractivity contribution in [2.45, 2.75) is 59.0 Å². The second-order valence-corrected chi connectivity index (χ2v) is 8.74. The highest BCUT2D eigenvalue weighted by Gasteiger charge is 2.60. The molecule has 4 heteroatoms. The predicted octanol–water partition coefficient (Wildman–Crippen LogP) is 3.68. The summed E-state index contributed by atoms with van der Waals surface area (Å²) in [7, 11) is 0. The van der Waals surface area contributed by atoms with E-state index >= 15 is 0 Å². The smallest absolute Gasteiger partial charge is 0.308 e. The first kappa shape index (κ1) is 15.0. The number of carbonyl (C=O) groups is 1. The van der Waals surface area contributed by atoms with E-state index < -0.39 is 5.97 Å². The summed E-state index contributed by atoms with van der Waals surface area (Å²) in [5.74, 6) is 0.102. The van der Waals surface area contributed by atoms with Crippen LogP contribution in [0.25, 0.3) is 0 Å². The zero-order valence-corrected chi connectivity index (χ0v) is 13.9. The zero-order chi connectivity index (χ0) is 15.3. The van der Waals surface area contributed by atoms with Gasteiger partial charge in [0, 0.05) is 22.3 Å². The Hall–Kier alpha value is -0.870. The number of hydrogen-bond donors (Lipinski definition) is 2. The molecule has 1 heterocycles. The van der Waals surface area contributed by atoms with Gasteiger partial charge in [0.25, 0.3) is 0 Å². The maximum atomic E-state index is 10.7. The third-order valence-corrected chi connectivity index (χ3v) is 7.44. The Balaban J connectivity index is 1.61. The van der Waals surface area contributed by atoms with Crippen molar-refractivity contribution in [3.63, 3.8) is 0 Å². The molecule has 1 aromatic rings. The van der Waals surface area contributed by atoms with Gasteiger partial charge in [-0.1, -0.05) is 20.8 Å². The average molecular weight is 307 g/mol. The minimum atomic E-state index is -0.751. The lowest BCUT2D eigenvalue weighted by molar-refractivity contribution is -0.136. The number of fused-ring (bicyclic) bond motifs is 2. The Morgan fingerprint density at radius 1 is 1.38 bits per heavy atom. The van der Waals surface area contributed by atoms with Gasteiger partial charge in [0.1, 0.15) is 0 Å². The van der Waals surface area contributed by atoms with Gasteiger partial charge in [0.15, 0.2) is 0 Å². The number of thiophene rings is 1. The summed E-state index contributed by atoms with van der Waals surface area (Å²) in [4.78, 5) is 12.9. The van der Waals surface area contributed by atoms with Crippen LogP contribution in [0.2, 0.25) is 0 Å². The molecule has 2 aliphatic carbocycles. The van der Waals surface area contributed by atoms with E-state index in [0.29, 0.717) is 16.9 Å². The molecule has 0 aliphatic heterocycles. The van der Waals surface area contributed by atoms with E-state index in [1.807, 2.05) is 6.07 Å². The molecule has 21 heavy (non-hydrogen) atoms. The van der Waals surface area contributed by atoms with E-state index in [1.165, 1.54) is 24.1 Å². The molecule has 3 nitrogen and oxygen atoms in total.